The SMILES string of the molecule is COC(=O)c1cc(C)cc2[nH]ccc12. The number of nitrogens with one attached hydrogen (secondary N) is 1. The summed E-state index contributed by atoms with van der Waals surface area (Å²) < 4.78 is 4.72. The van der Waals surface area contributed by atoms with Crippen molar-refractivity contribution in [3.05, 3.63) is 35.5 Å². The van der Waals surface area contributed by atoms with E-state index in [4.69, 9.17) is 4.74 Å². The summed E-state index contributed by atoms with van der Waals surface area (Å²) in [6, 6.07) is 5.71. The van der Waals surface area contributed by atoms with Crippen molar-refractivity contribution >= 4 is 16.9 Å². The quantitative estimate of drug-likeness (QED) is 0.699. The molecule has 0 atom stereocenters. The van der Waals surface area contributed by atoms with Crippen LogP contribution < -0.4 is 0 Å². The first-order valence-corrected chi connectivity index (χ1v) is 4.38. The molecule has 0 saturated heterocycles. The van der Waals surface area contributed by atoms with E-state index in [1.807, 2.05) is 31.3 Å². The van der Waals surface area contributed by atoms with Gasteiger partial charge in [0.1, 0.15) is 0 Å². The minimum atomic E-state index is -0.293. The van der Waals surface area contributed by atoms with E-state index in [9.17, 15) is 4.79 Å². The summed E-state index contributed by atoms with van der Waals surface area (Å²) in [6.07, 6.45) is 1.82. The molecule has 1 aromatic heterocycles. The molecule has 2 rings (SSSR count). The number of rotatable bonds is 1. The molecule has 0 amide bonds. The second-order valence-corrected chi connectivity index (χ2v) is 3.24. The van der Waals surface area contributed by atoms with E-state index in [-0.39, 0.29) is 5.97 Å². The largest absolute Gasteiger partial charge is 0.465 e. The first kappa shape index (κ1) is 8.81. The highest BCUT2D eigenvalue weighted by Crippen LogP contribution is 2.20. The van der Waals surface area contributed by atoms with Crippen LogP contribution in [0.5, 0.6) is 0 Å². The molecule has 1 aromatic carbocycles. The molecule has 14 heavy (non-hydrogen) atoms. The molecule has 72 valence electrons. The molecule has 3 heteroatoms. The van der Waals surface area contributed by atoms with Crippen molar-refractivity contribution < 1.29 is 9.53 Å². The fourth-order valence-electron chi connectivity index (χ4n) is 1.59. The van der Waals surface area contributed by atoms with Crippen molar-refractivity contribution in [2.75, 3.05) is 7.11 Å². The van der Waals surface area contributed by atoms with Crippen molar-refractivity contribution in [2.24, 2.45) is 0 Å². The predicted molar refractivity (Wildman–Crippen MR) is 54.4 cm³/mol. The minimum absolute atomic E-state index is 0.293. The average molecular weight is 189 g/mol. The van der Waals surface area contributed by atoms with E-state index in [0.717, 1.165) is 16.5 Å². The van der Waals surface area contributed by atoms with Crippen LogP contribution in [0.2, 0.25) is 0 Å². The van der Waals surface area contributed by atoms with Gasteiger partial charge in [0, 0.05) is 17.1 Å². The van der Waals surface area contributed by atoms with Gasteiger partial charge in [0.15, 0.2) is 0 Å². The Labute approximate surface area is 81.7 Å². The van der Waals surface area contributed by atoms with Crippen LogP contribution in [-0.4, -0.2) is 18.1 Å². The number of fused-ring (bicyclic) bond motifs is 1. The third kappa shape index (κ3) is 1.27. The van der Waals surface area contributed by atoms with Gasteiger partial charge >= 0.3 is 5.97 Å². The summed E-state index contributed by atoms with van der Waals surface area (Å²) >= 11 is 0. The van der Waals surface area contributed by atoms with Gasteiger partial charge in [0.2, 0.25) is 0 Å². The lowest BCUT2D eigenvalue weighted by molar-refractivity contribution is 0.0603. The zero-order valence-corrected chi connectivity index (χ0v) is 8.13. The van der Waals surface area contributed by atoms with E-state index < -0.39 is 0 Å². The van der Waals surface area contributed by atoms with Crippen LogP contribution in [0.4, 0.5) is 0 Å². The topological polar surface area (TPSA) is 42.1 Å². The third-order valence-corrected chi connectivity index (χ3v) is 2.22. The second-order valence-electron chi connectivity index (χ2n) is 3.24. The van der Waals surface area contributed by atoms with Crippen molar-refractivity contribution in [1.82, 2.24) is 4.98 Å². The van der Waals surface area contributed by atoms with Gasteiger partial charge in [-0.25, -0.2) is 4.79 Å². The van der Waals surface area contributed by atoms with Gasteiger partial charge < -0.3 is 9.72 Å². The average Bonchev–Trinajstić information content (AvgIpc) is 2.62. The van der Waals surface area contributed by atoms with Crippen molar-refractivity contribution in [2.45, 2.75) is 6.92 Å². The maximum atomic E-state index is 11.4. The molecular weight excluding hydrogens is 178 g/mol. The molecule has 0 unspecified atom stereocenters. The Kier molecular flexibility index (Phi) is 2.00. The van der Waals surface area contributed by atoms with E-state index in [1.165, 1.54) is 7.11 Å². The summed E-state index contributed by atoms with van der Waals surface area (Å²) in [5, 5.41) is 0.905. The van der Waals surface area contributed by atoms with Gasteiger partial charge in [-0.3, -0.25) is 0 Å². The molecule has 1 heterocycles. The highest BCUT2D eigenvalue weighted by atomic mass is 16.5. The van der Waals surface area contributed by atoms with E-state index in [1.54, 1.807) is 0 Å². The summed E-state index contributed by atoms with van der Waals surface area (Å²) in [6.45, 7) is 1.95. The van der Waals surface area contributed by atoms with Crippen LogP contribution in [0, 0.1) is 6.92 Å². The Bertz CT molecular complexity index is 485. The highest BCUT2D eigenvalue weighted by molar-refractivity contribution is 6.04. The van der Waals surface area contributed by atoms with Crippen LogP contribution in [-0.2, 0) is 4.74 Å². The number of hydrogen-bond donors (Lipinski definition) is 1. The van der Waals surface area contributed by atoms with Crippen LogP contribution >= 0.6 is 0 Å². The molecule has 0 aliphatic rings. The Morgan fingerprint density at radius 2 is 2.21 bits per heavy atom. The standard InChI is InChI=1S/C11H11NO2/c1-7-5-9(11(13)14-2)8-3-4-12-10(8)6-7/h3-6,12H,1-2H3. The van der Waals surface area contributed by atoms with Gasteiger partial charge in [-0.15, -0.1) is 0 Å². The smallest absolute Gasteiger partial charge is 0.338 e. The monoisotopic (exact) mass is 189 g/mol. The van der Waals surface area contributed by atoms with Gasteiger partial charge in [-0.05, 0) is 30.7 Å². The highest BCUT2D eigenvalue weighted by Gasteiger charge is 2.11. The second kappa shape index (κ2) is 3.18. The van der Waals surface area contributed by atoms with Gasteiger partial charge in [0.05, 0.1) is 12.7 Å². The minimum Gasteiger partial charge on any atom is -0.465 e. The summed E-state index contributed by atoms with van der Waals surface area (Å²) in [5.41, 5.74) is 2.62. The fourth-order valence-corrected chi connectivity index (χ4v) is 1.59. The molecule has 3 nitrogen and oxygen atoms in total. The molecule has 1 N–H and O–H groups in total. The number of aromatic amines is 1. The third-order valence-electron chi connectivity index (χ3n) is 2.22. The molecule has 0 spiro atoms. The molecular formula is C11H11NO2. The van der Waals surface area contributed by atoms with E-state index >= 15 is 0 Å². The Morgan fingerprint density at radius 1 is 1.43 bits per heavy atom. The number of esters is 1. The van der Waals surface area contributed by atoms with Crippen molar-refractivity contribution in [3.8, 4) is 0 Å². The molecule has 0 bridgehead atoms. The first-order chi connectivity index (χ1) is 6.72. The number of aryl methyl sites for hydroxylation is 1. The van der Waals surface area contributed by atoms with Crippen LogP contribution in [0.3, 0.4) is 0 Å². The predicted octanol–water partition coefficient (Wildman–Crippen LogP) is 2.26. The lowest BCUT2D eigenvalue weighted by Gasteiger charge is -2.02. The van der Waals surface area contributed by atoms with Crippen LogP contribution in [0.15, 0.2) is 24.4 Å². The van der Waals surface area contributed by atoms with Crippen LogP contribution in [0.1, 0.15) is 15.9 Å². The van der Waals surface area contributed by atoms with E-state index in [0.29, 0.717) is 5.56 Å². The number of carbonyl (C=O) groups excluding carboxylic acids is 1. The zero-order chi connectivity index (χ0) is 10.1. The fraction of sp³-hybridized carbons (Fsp3) is 0.182. The first-order valence-electron chi connectivity index (χ1n) is 4.38. The molecule has 2 aromatic rings. The molecule has 0 aliphatic heterocycles. The number of methoxy groups -OCH3 is 1. The Hall–Kier alpha value is -1.77. The van der Waals surface area contributed by atoms with Gasteiger partial charge in [-0.2, -0.15) is 0 Å². The number of ether oxygens (including phenoxy) is 1. The lowest BCUT2D eigenvalue weighted by Crippen LogP contribution is -2.01. The van der Waals surface area contributed by atoms with Crippen molar-refractivity contribution in [3.63, 3.8) is 0 Å². The Balaban J connectivity index is 2.72. The van der Waals surface area contributed by atoms with Gasteiger partial charge in [0.25, 0.3) is 0 Å². The number of benzene rings is 1. The number of hydrogen-bond acceptors (Lipinski definition) is 2. The molecule has 0 saturated carbocycles. The summed E-state index contributed by atoms with van der Waals surface area (Å²) in [5.74, 6) is -0.293. The maximum Gasteiger partial charge on any atom is 0.338 e. The van der Waals surface area contributed by atoms with Crippen molar-refractivity contribution in [1.29, 1.82) is 0 Å². The molecule has 0 radical (unpaired) electrons. The lowest BCUT2D eigenvalue weighted by atomic mass is 10.1. The number of aromatic nitrogens is 1. The normalized spacial score (nSPS) is 10.4. The summed E-state index contributed by atoms with van der Waals surface area (Å²) in [4.78, 5) is 14.5. The molecule has 0 fully saturated rings. The van der Waals surface area contributed by atoms with E-state index in [2.05, 4.69) is 4.98 Å². The van der Waals surface area contributed by atoms with Gasteiger partial charge in [-0.1, -0.05) is 0 Å². The number of carbonyl (C=O) groups is 1. The number of H-pyrrole nitrogens is 1. The zero-order valence-electron chi connectivity index (χ0n) is 8.13. The summed E-state index contributed by atoms with van der Waals surface area (Å²) in [7, 11) is 1.39. The van der Waals surface area contributed by atoms with Crippen LogP contribution in [0.25, 0.3) is 10.9 Å². The maximum absolute atomic E-state index is 11.4. The Morgan fingerprint density at radius 3 is 2.93 bits per heavy atom. The molecule has 0 aliphatic carbocycles.